The smallest absolute Gasteiger partial charge is 0.350 e. The monoisotopic (exact) mass is 522 g/mol. The molecule has 0 unspecified atom stereocenters. The average molecular weight is 523 g/mol. The molecular weight excluding hydrogens is 496 g/mol. The molecule has 1 amide bonds. The lowest BCUT2D eigenvalue weighted by Crippen LogP contribution is -2.36. The molecule has 1 aromatic heterocycles. The molecule has 0 fully saturated rings. The van der Waals surface area contributed by atoms with Crippen molar-refractivity contribution in [3.05, 3.63) is 94.9 Å². The Hall–Kier alpha value is -3.53. The summed E-state index contributed by atoms with van der Waals surface area (Å²) in [5, 5.41) is 3.53. The summed E-state index contributed by atoms with van der Waals surface area (Å²) in [4.78, 5) is 25.7. The van der Waals surface area contributed by atoms with Crippen LogP contribution < -0.4 is 5.32 Å². The molecule has 0 aliphatic rings. The van der Waals surface area contributed by atoms with Crippen molar-refractivity contribution in [1.29, 1.82) is 0 Å². The Morgan fingerprint density at radius 3 is 2.22 bits per heavy atom. The second-order valence-corrected chi connectivity index (χ2v) is 11.3. The highest BCUT2D eigenvalue weighted by atomic mass is 32.2. The number of sulfonamides is 1. The number of fused-ring (bicyclic) bond motifs is 1. The van der Waals surface area contributed by atoms with Gasteiger partial charge in [-0.1, -0.05) is 48.5 Å². The molecule has 1 heterocycles. The van der Waals surface area contributed by atoms with E-state index in [2.05, 4.69) is 5.32 Å². The van der Waals surface area contributed by atoms with Crippen molar-refractivity contribution >= 4 is 49.0 Å². The molecule has 4 aromatic rings. The van der Waals surface area contributed by atoms with Crippen molar-refractivity contribution in [2.45, 2.75) is 31.3 Å². The number of anilines is 1. The number of esters is 1. The molecule has 0 atom stereocenters. The summed E-state index contributed by atoms with van der Waals surface area (Å²) in [6, 6.07) is 22.3. The Labute approximate surface area is 214 Å². The topological polar surface area (TPSA) is 92.8 Å². The van der Waals surface area contributed by atoms with Crippen molar-refractivity contribution in [3.8, 4) is 0 Å². The van der Waals surface area contributed by atoms with Gasteiger partial charge < -0.3 is 10.1 Å². The van der Waals surface area contributed by atoms with E-state index in [1.807, 2.05) is 68.4 Å². The maximum atomic E-state index is 13.4. The molecule has 4 rings (SSSR count). The van der Waals surface area contributed by atoms with E-state index in [-0.39, 0.29) is 23.0 Å². The fourth-order valence-electron chi connectivity index (χ4n) is 3.81. The Morgan fingerprint density at radius 1 is 0.944 bits per heavy atom. The van der Waals surface area contributed by atoms with E-state index >= 15 is 0 Å². The van der Waals surface area contributed by atoms with Gasteiger partial charge in [-0.15, -0.1) is 11.3 Å². The highest BCUT2D eigenvalue weighted by molar-refractivity contribution is 7.89. The standard InChI is InChI=1S/C27H26N2O5S2/c1-18(2)29(17-19-9-5-4-6-10-19)36(32,33)21-15-13-20(14-16-21)26(30)28-24-22-11-7-8-12-23(22)35-25(24)27(31)34-3/h4-16,18H,17H2,1-3H3,(H,28,30). The van der Waals surface area contributed by atoms with Crippen LogP contribution in [0.4, 0.5) is 5.69 Å². The molecular formula is C27H26N2O5S2. The van der Waals surface area contributed by atoms with Gasteiger partial charge in [0.15, 0.2) is 0 Å². The summed E-state index contributed by atoms with van der Waals surface area (Å²) in [6.07, 6.45) is 0. The molecule has 186 valence electrons. The number of carbonyl (C=O) groups is 2. The van der Waals surface area contributed by atoms with E-state index in [1.165, 1.54) is 47.0 Å². The summed E-state index contributed by atoms with van der Waals surface area (Å²) in [5.74, 6) is -1.00. The second kappa shape index (κ2) is 10.6. The fourth-order valence-corrected chi connectivity index (χ4v) is 6.52. The number of nitrogens with zero attached hydrogens (tertiary/aromatic N) is 1. The molecule has 0 saturated carbocycles. The number of benzene rings is 3. The van der Waals surface area contributed by atoms with Gasteiger partial charge in [0.25, 0.3) is 5.91 Å². The zero-order valence-electron chi connectivity index (χ0n) is 20.1. The SMILES string of the molecule is COC(=O)c1sc2ccccc2c1NC(=O)c1ccc(S(=O)(=O)N(Cc2ccccc2)C(C)C)cc1. The van der Waals surface area contributed by atoms with Gasteiger partial charge in [-0.25, -0.2) is 13.2 Å². The number of amides is 1. The number of thiophene rings is 1. The van der Waals surface area contributed by atoms with E-state index < -0.39 is 21.9 Å². The first-order chi connectivity index (χ1) is 17.2. The fraction of sp³-hybridized carbons (Fsp3) is 0.185. The maximum Gasteiger partial charge on any atom is 0.350 e. The summed E-state index contributed by atoms with van der Waals surface area (Å²) >= 11 is 1.23. The molecule has 9 heteroatoms. The van der Waals surface area contributed by atoms with Crippen LogP contribution in [0.5, 0.6) is 0 Å². The number of carbonyl (C=O) groups excluding carboxylic acids is 2. The van der Waals surface area contributed by atoms with Gasteiger partial charge >= 0.3 is 5.97 Å². The van der Waals surface area contributed by atoms with Gasteiger partial charge in [-0.3, -0.25) is 4.79 Å². The largest absolute Gasteiger partial charge is 0.465 e. The molecule has 0 radical (unpaired) electrons. The maximum absolute atomic E-state index is 13.4. The van der Waals surface area contributed by atoms with Gasteiger partial charge in [0.1, 0.15) is 4.88 Å². The van der Waals surface area contributed by atoms with Crippen molar-refractivity contribution in [3.63, 3.8) is 0 Å². The van der Waals surface area contributed by atoms with Crippen LogP contribution in [0.15, 0.2) is 83.8 Å². The quantitative estimate of drug-likeness (QED) is 0.307. The summed E-state index contributed by atoms with van der Waals surface area (Å²) in [7, 11) is -2.51. The van der Waals surface area contributed by atoms with E-state index in [9.17, 15) is 18.0 Å². The third kappa shape index (κ3) is 5.18. The van der Waals surface area contributed by atoms with E-state index in [4.69, 9.17) is 4.74 Å². The Kier molecular flexibility index (Phi) is 7.53. The molecule has 0 spiro atoms. The lowest BCUT2D eigenvalue weighted by Gasteiger charge is -2.26. The molecule has 36 heavy (non-hydrogen) atoms. The summed E-state index contributed by atoms with van der Waals surface area (Å²) < 4.78 is 33.9. The van der Waals surface area contributed by atoms with Gasteiger partial charge in [0, 0.05) is 28.2 Å². The molecule has 0 saturated heterocycles. The minimum Gasteiger partial charge on any atom is -0.465 e. The van der Waals surface area contributed by atoms with Crippen LogP contribution in [0, 0.1) is 0 Å². The van der Waals surface area contributed by atoms with Crippen LogP contribution in [-0.2, 0) is 21.3 Å². The molecule has 1 N–H and O–H groups in total. The van der Waals surface area contributed by atoms with Crippen LogP contribution in [0.1, 0.15) is 39.4 Å². The third-order valence-electron chi connectivity index (χ3n) is 5.69. The molecule has 3 aromatic carbocycles. The number of hydrogen-bond donors (Lipinski definition) is 1. The van der Waals surface area contributed by atoms with Crippen LogP contribution in [0.25, 0.3) is 10.1 Å². The Balaban J connectivity index is 1.59. The predicted molar refractivity (Wildman–Crippen MR) is 142 cm³/mol. The first-order valence-electron chi connectivity index (χ1n) is 11.3. The minimum atomic E-state index is -3.80. The zero-order valence-corrected chi connectivity index (χ0v) is 21.7. The first-order valence-corrected chi connectivity index (χ1v) is 13.5. The van der Waals surface area contributed by atoms with E-state index in [0.29, 0.717) is 10.6 Å². The van der Waals surface area contributed by atoms with Crippen LogP contribution in [-0.4, -0.2) is 37.8 Å². The highest BCUT2D eigenvalue weighted by Gasteiger charge is 2.28. The van der Waals surface area contributed by atoms with Gasteiger partial charge in [-0.05, 0) is 49.7 Å². The van der Waals surface area contributed by atoms with Crippen molar-refractivity contribution in [2.24, 2.45) is 0 Å². The first kappa shape index (κ1) is 25.6. The average Bonchev–Trinajstić information content (AvgIpc) is 3.25. The molecule has 0 aliphatic carbocycles. The lowest BCUT2D eigenvalue weighted by atomic mass is 10.2. The lowest BCUT2D eigenvalue weighted by molar-refractivity contribution is 0.0607. The number of hydrogen-bond acceptors (Lipinski definition) is 6. The minimum absolute atomic E-state index is 0.0971. The zero-order chi connectivity index (χ0) is 25.9. The predicted octanol–water partition coefficient (Wildman–Crippen LogP) is 5.54. The number of methoxy groups -OCH3 is 1. The van der Waals surface area contributed by atoms with Crippen LogP contribution in [0.2, 0.25) is 0 Å². The van der Waals surface area contributed by atoms with Gasteiger partial charge in [0.05, 0.1) is 17.7 Å². The third-order valence-corrected chi connectivity index (χ3v) is 8.87. The molecule has 7 nitrogen and oxygen atoms in total. The molecule has 0 bridgehead atoms. The van der Waals surface area contributed by atoms with Crippen molar-refractivity contribution in [1.82, 2.24) is 4.31 Å². The summed E-state index contributed by atoms with van der Waals surface area (Å²) in [5.41, 5.74) is 1.52. The Morgan fingerprint density at radius 2 is 1.58 bits per heavy atom. The van der Waals surface area contributed by atoms with Gasteiger partial charge in [-0.2, -0.15) is 4.31 Å². The Bertz CT molecular complexity index is 1490. The number of ether oxygens (including phenoxy) is 1. The van der Waals surface area contributed by atoms with Crippen molar-refractivity contribution < 1.29 is 22.7 Å². The highest BCUT2D eigenvalue weighted by Crippen LogP contribution is 2.36. The second-order valence-electron chi connectivity index (χ2n) is 8.40. The van der Waals surface area contributed by atoms with Crippen molar-refractivity contribution in [2.75, 3.05) is 12.4 Å². The number of nitrogens with one attached hydrogen (secondary N) is 1. The number of rotatable bonds is 8. The normalized spacial score (nSPS) is 11.7. The van der Waals surface area contributed by atoms with E-state index in [0.717, 1.165) is 15.6 Å². The van der Waals surface area contributed by atoms with E-state index in [1.54, 1.807) is 0 Å². The van der Waals surface area contributed by atoms with Crippen LogP contribution in [0.3, 0.4) is 0 Å². The van der Waals surface area contributed by atoms with Crippen LogP contribution >= 0.6 is 11.3 Å². The molecule has 0 aliphatic heterocycles. The van der Waals surface area contributed by atoms with Gasteiger partial charge in [0.2, 0.25) is 10.0 Å². The summed E-state index contributed by atoms with van der Waals surface area (Å²) in [6.45, 7) is 3.89.